The fourth-order valence-corrected chi connectivity index (χ4v) is 2.07. The van der Waals surface area contributed by atoms with Crippen LogP contribution in [-0.4, -0.2) is 50.8 Å². The number of rotatable bonds is 7. The fraction of sp³-hybridized carbons (Fsp3) is 1.00. The molecule has 3 heteroatoms. The first kappa shape index (κ1) is 13.9. The normalized spacial score (nSPS) is 19.5. The van der Waals surface area contributed by atoms with Gasteiger partial charge in [0.15, 0.2) is 0 Å². The van der Waals surface area contributed by atoms with Gasteiger partial charge in [0.05, 0.1) is 12.7 Å². The first-order chi connectivity index (χ1) is 7.72. The molecule has 1 heterocycles. The zero-order valence-electron chi connectivity index (χ0n) is 11.2. The van der Waals surface area contributed by atoms with E-state index in [0.29, 0.717) is 6.10 Å². The Kier molecular flexibility index (Phi) is 7.01. The maximum Gasteiger partial charge on any atom is 0.0600 e. The van der Waals surface area contributed by atoms with Crippen LogP contribution in [0.15, 0.2) is 0 Å². The van der Waals surface area contributed by atoms with Crippen molar-refractivity contribution in [3.05, 3.63) is 0 Å². The summed E-state index contributed by atoms with van der Waals surface area (Å²) in [6.45, 7) is 10.1. The lowest BCUT2D eigenvalue weighted by molar-refractivity contribution is 0.00895. The third-order valence-electron chi connectivity index (χ3n) is 3.26. The molecular weight excluding hydrogens is 200 g/mol. The molecule has 1 saturated heterocycles. The van der Waals surface area contributed by atoms with Gasteiger partial charge in [-0.3, -0.25) is 0 Å². The maximum atomic E-state index is 5.81. The van der Waals surface area contributed by atoms with Gasteiger partial charge < -0.3 is 15.0 Å². The molecule has 0 bridgehead atoms. The molecule has 0 aromatic heterocycles. The molecule has 0 radical (unpaired) electrons. The van der Waals surface area contributed by atoms with E-state index in [-0.39, 0.29) is 0 Å². The van der Waals surface area contributed by atoms with Crippen LogP contribution in [0.2, 0.25) is 0 Å². The van der Waals surface area contributed by atoms with Crippen molar-refractivity contribution in [2.24, 2.45) is 5.92 Å². The summed E-state index contributed by atoms with van der Waals surface area (Å²) in [5, 5.41) is 3.11. The minimum absolute atomic E-state index is 0.503. The van der Waals surface area contributed by atoms with E-state index < -0.39 is 0 Å². The highest BCUT2D eigenvalue weighted by molar-refractivity contribution is 4.72. The van der Waals surface area contributed by atoms with E-state index in [1.807, 2.05) is 7.05 Å². The van der Waals surface area contributed by atoms with Crippen molar-refractivity contribution >= 4 is 0 Å². The van der Waals surface area contributed by atoms with Gasteiger partial charge in [-0.05, 0) is 38.8 Å². The molecule has 0 spiro atoms. The van der Waals surface area contributed by atoms with Gasteiger partial charge in [-0.25, -0.2) is 0 Å². The molecule has 3 nitrogen and oxygen atoms in total. The number of nitrogens with zero attached hydrogens (tertiary/aromatic N) is 1. The van der Waals surface area contributed by atoms with Crippen molar-refractivity contribution in [2.45, 2.75) is 39.2 Å². The molecule has 1 N–H and O–H groups in total. The largest absolute Gasteiger partial charge is 0.377 e. The highest BCUT2D eigenvalue weighted by Crippen LogP contribution is 2.14. The SMILES string of the molecule is CNCCOC1CCN(CCC(C)C)CC1. The average molecular weight is 228 g/mol. The molecule has 16 heavy (non-hydrogen) atoms. The zero-order chi connectivity index (χ0) is 11.8. The van der Waals surface area contributed by atoms with Gasteiger partial charge in [0, 0.05) is 19.6 Å². The Morgan fingerprint density at radius 3 is 2.56 bits per heavy atom. The third kappa shape index (κ3) is 5.83. The quantitative estimate of drug-likeness (QED) is 0.672. The molecule has 96 valence electrons. The maximum absolute atomic E-state index is 5.81. The number of piperidine rings is 1. The van der Waals surface area contributed by atoms with E-state index in [1.54, 1.807) is 0 Å². The molecule has 1 fully saturated rings. The van der Waals surface area contributed by atoms with E-state index >= 15 is 0 Å². The minimum atomic E-state index is 0.503. The molecule has 0 aromatic carbocycles. The van der Waals surface area contributed by atoms with E-state index in [9.17, 15) is 0 Å². The molecule has 0 atom stereocenters. The number of nitrogens with one attached hydrogen (secondary N) is 1. The second-order valence-corrected chi connectivity index (χ2v) is 5.20. The minimum Gasteiger partial charge on any atom is -0.377 e. The number of likely N-dealkylation sites (N-methyl/N-ethyl adjacent to an activating group) is 1. The van der Waals surface area contributed by atoms with Gasteiger partial charge in [-0.1, -0.05) is 13.8 Å². The molecular formula is C13H28N2O. The summed E-state index contributed by atoms with van der Waals surface area (Å²) < 4.78 is 5.81. The zero-order valence-corrected chi connectivity index (χ0v) is 11.2. The smallest absolute Gasteiger partial charge is 0.0600 e. The molecule has 1 aliphatic heterocycles. The van der Waals surface area contributed by atoms with Crippen LogP contribution in [0.3, 0.4) is 0 Å². The predicted octanol–water partition coefficient (Wildman–Crippen LogP) is 1.73. The number of hydrogen-bond donors (Lipinski definition) is 1. The Bertz CT molecular complexity index is 165. The van der Waals surface area contributed by atoms with E-state index in [2.05, 4.69) is 24.1 Å². The standard InChI is InChI=1S/C13H28N2O/c1-12(2)4-8-15-9-5-13(6-10-15)16-11-7-14-3/h12-14H,4-11H2,1-3H3. The Morgan fingerprint density at radius 1 is 1.31 bits per heavy atom. The second kappa shape index (κ2) is 8.04. The van der Waals surface area contributed by atoms with Crippen LogP contribution < -0.4 is 5.32 Å². The number of ether oxygens (including phenoxy) is 1. The molecule has 1 rings (SSSR count). The summed E-state index contributed by atoms with van der Waals surface area (Å²) in [6.07, 6.45) is 4.25. The Hall–Kier alpha value is -0.120. The Labute approximate surface area is 101 Å². The van der Waals surface area contributed by atoms with Crippen molar-refractivity contribution in [1.82, 2.24) is 10.2 Å². The molecule has 0 saturated carbocycles. The summed E-state index contributed by atoms with van der Waals surface area (Å²) in [5.41, 5.74) is 0. The Morgan fingerprint density at radius 2 is 2.00 bits per heavy atom. The number of likely N-dealkylation sites (tertiary alicyclic amines) is 1. The summed E-state index contributed by atoms with van der Waals surface area (Å²) >= 11 is 0. The summed E-state index contributed by atoms with van der Waals surface area (Å²) in [5.74, 6) is 0.824. The molecule has 1 aliphatic rings. The van der Waals surface area contributed by atoms with Crippen molar-refractivity contribution in [3.8, 4) is 0 Å². The molecule has 0 aromatic rings. The molecule has 0 unspecified atom stereocenters. The highest BCUT2D eigenvalue weighted by Gasteiger charge is 2.19. The van der Waals surface area contributed by atoms with Crippen molar-refractivity contribution in [2.75, 3.05) is 39.8 Å². The van der Waals surface area contributed by atoms with Crippen LogP contribution in [0.25, 0.3) is 0 Å². The van der Waals surface area contributed by atoms with Gasteiger partial charge in [-0.15, -0.1) is 0 Å². The topological polar surface area (TPSA) is 24.5 Å². The van der Waals surface area contributed by atoms with Gasteiger partial charge in [0.2, 0.25) is 0 Å². The highest BCUT2D eigenvalue weighted by atomic mass is 16.5. The lowest BCUT2D eigenvalue weighted by atomic mass is 10.1. The first-order valence-corrected chi connectivity index (χ1v) is 6.71. The Balaban J connectivity index is 2.04. The predicted molar refractivity (Wildman–Crippen MR) is 68.8 cm³/mol. The molecule has 0 amide bonds. The summed E-state index contributed by atoms with van der Waals surface area (Å²) in [4.78, 5) is 2.58. The van der Waals surface area contributed by atoms with Gasteiger partial charge >= 0.3 is 0 Å². The average Bonchev–Trinajstić information content (AvgIpc) is 2.28. The first-order valence-electron chi connectivity index (χ1n) is 6.71. The van der Waals surface area contributed by atoms with Crippen LogP contribution in [-0.2, 0) is 4.74 Å². The lowest BCUT2D eigenvalue weighted by Crippen LogP contribution is -2.38. The van der Waals surface area contributed by atoms with Crippen LogP contribution in [0.4, 0.5) is 0 Å². The lowest BCUT2D eigenvalue weighted by Gasteiger charge is -2.32. The van der Waals surface area contributed by atoms with Gasteiger partial charge in [0.25, 0.3) is 0 Å². The third-order valence-corrected chi connectivity index (χ3v) is 3.26. The number of hydrogen-bond acceptors (Lipinski definition) is 3. The monoisotopic (exact) mass is 228 g/mol. The van der Waals surface area contributed by atoms with E-state index in [1.165, 1.54) is 38.9 Å². The second-order valence-electron chi connectivity index (χ2n) is 5.20. The van der Waals surface area contributed by atoms with Crippen LogP contribution >= 0.6 is 0 Å². The van der Waals surface area contributed by atoms with Crippen molar-refractivity contribution < 1.29 is 4.74 Å². The van der Waals surface area contributed by atoms with Crippen molar-refractivity contribution in [1.29, 1.82) is 0 Å². The summed E-state index contributed by atoms with van der Waals surface area (Å²) in [7, 11) is 1.97. The van der Waals surface area contributed by atoms with Crippen molar-refractivity contribution in [3.63, 3.8) is 0 Å². The van der Waals surface area contributed by atoms with E-state index in [0.717, 1.165) is 19.1 Å². The van der Waals surface area contributed by atoms with Crippen LogP contribution in [0.1, 0.15) is 33.1 Å². The van der Waals surface area contributed by atoms with Crippen LogP contribution in [0, 0.1) is 5.92 Å². The van der Waals surface area contributed by atoms with Gasteiger partial charge in [0.1, 0.15) is 0 Å². The summed E-state index contributed by atoms with van der Waals surface area (Å²) in [6, 6.07) is 0. The van der Waals surface area contributed by atoms with Crippen LogP contribution in [0.5, 0.6) is 0 Å². The van der Waals surface area contributed by atoms with E-state index in [4.69, 9.17) is 4.74 Å². The van der Waals surface area contributed by atoms with Gasteiger partial charge in [-0.2, -0.15) is 0 Å². The molecule has 0 aliphatic carbocycles. The fourth-order valence-electron chi connectivity index (χ4n) is 2.07.